The molecule has 5 N–H and O–H groups in total. The number of carboxylic acids is 2. The molecule has 0 saturated carbocycles. The molecule has 14 nitrogen and oxygen atoms in total. The van der Waals surface area contributed by atoms with E-state index in [1.54, 1.807) is 26.2 Å². The predicted molar refractivity (Wildman–Crippen MR) is 177 cm³/mol. The molecule has 2 atom stereocenters. The first kappa shape index (κ1) is 50.6. The first-order valence-electron chi connectivity index (χ1n) is 14.7. The Kier molecular flexibility index (Phi) is 17.7. The molecule has 0 aromatic carbocycles. The molecule has 0 aliphatic heterocycles. The van der Waals surface area contributed by atoms with E-state index in [1.165, 1.54) is 23.5 Å². The van der Waals surface area contributed by atoms with Crippen molar-refractivity contribution in [3.05, 3.63) is 71.5 Å². The molecule has 0 saturated heterocycles. The maximum absolute atomic E-state index is 12.3. The van der Waals surface area contributed by atoms with Gasteiger partial charge in [0.05, 0.1) is 42.3 Å². The number of aromatic nitrogens is 4. The number of carbonyl (C=O) groups excluding carboxylic acids is 4. The number of aromatic amines is 1. The van der Waals surface area contributed by atoms with Gasteiger partial charge in [0.2, 0.25) is 0 Å². The van der Waals surface area contributed by atoms with E-state index in [9.17, 15) is 71.9 Å². The van der Waals surface area contributed by atoms with Gasteiger partial charge >= 0.3 is 36.6 Å². The Morgan fingerprint density at radius 2 is 0.983 bits per heavy atom. The van der Waals surface area contributed by atoms with E-state index in [-0.39, 0.29) is 15.8 Å². The highest BCUT2D eigenvalue weighted by atomic mass is 32.1. The van der Waals surface area contributed by atoms with Crippen molar-refractivity contribution in [1.29, 1.82) is 0 Å². The quantitative estimate of drug-likeness (QED) is 0.0864. The number of hydrogen-bond donors (Lipinski definition) is 5. The molecular weight excluding hydrogens is 885 g/mol. The van der Waals surface area contributed by atoms with Crippen molar-refractivity contribution in [2.45, 2.75) is 64.5 Å². The summed E-state index contributed by atoms with van der Waals surface area (Å²) in [6.45, 7) is 6.88. The van der Waals surface area contributed by atoms with Crippen LogP contribution in [0.1, 0.15) is 87.0 Å². The maximum atomic E-state index is 12.3. The van der Waals surface area contributed by atoms with Crippen molar-refractivity contribution in [3.63, 3.8) is 0 Å². The first-order chi connectivity index (χ1) is 26.2. The summed E-state index contributed by atoms with van der Waals surface area (Å²) in [7, 11) is 0. The van der Waals surface area contributed by atoms with Gasteiger partial charge in [-0.1, -0.05) is 0 Å². The molecule has 58 heavy (non-hydrogen) atoms. The Bertz CT molecular complexity index is 1920. The third kappa shape index (κ3) is 16.6. The van der Waals surface area contributed by atoms with E-state index < -0.39 is 75.8 Å². The van der Waals surface area contributed by atoms with Crippen LogP contribution in [0.25, 0.3) is 0 Å². The minimum absolute atomic E-state index is 0.00621. The molecular formula is C29H24F12N6O8S3. The number of Topliss-reactive ketones (excluding diaryl/α,β-unsaturated/α-hetero) is 2. The number of nitrogens with one attached hydrogen (secondary N) is 3. The van der Waals surface area contributed by atoms with Crippen molar-refractivity contribution in [2.24, 2.45) is 0 Å². The Morgan fingerprint density at radius 3 is 1.28 bits per heavy atom. The summed E-state index contributed by atoms with van der Waals surface area (Å²) in [5.41, 5.74) is 0.680. The molecule has 4 aromatic heterocycles. The maximum Gasteiger partial charge on any atom is 0.490 e. The number of carbonyl (C=O) groups is 6. The van der Waals surface area contributed by atoms with Crippen molar-refractivity contribution in [1.82, 2.24) is 30.8 Å². The summed E-state index contributed by atoms with van der Waals surface area (Å²) in [6, 6.07) is 3.47. The number of alkyl halides is 12. The lowest BCUT2D eigenvalue weighted by atomic mass is 10.2. The zero-order chi connectivity index (χ0) is 45.1. The molecule has 2 amide bonds. The summed E-state index contributed by atoms with van der Waals surface area (Å²) >= 11 is 2.44. The lowest BCUT2D eigenvalue weighted by molar-refractivity contribution is -0.193. The zero-order valence-electron chi connectivity index (χ0n) is 29.0. The molecule has 4 aromatic rings. The first-order valence-corrected chi connectivity index (χ1v) is 17.2. The number of nitrogens with zero attached hydrogens (tertiary/aromatic N) is 3. The highest BCUT2D eigenvalue weighted by Gasteiger charge is 2.42. The monoisotopic (exact) mass is 908 g/mol. The van der Waals surface area contributed by atoms with Crippen LogP contribution in [0.15, 0.2) is 29.6 Å². The fourth-order valence-electron chi connectivity index (χ4n) is 3.25. The highest BCUT2D eigenvalue weighted by molar-refractivity contribution is 7.16. The third-order valence-corrected chi connectivity index (χ3v) is 8.84. The lowest BCUT2D eigenvalue weighted by Gasteiger charge is -2.10. The second-order valence-electron chi connectivity index (χ2n) is 10.5. The molecule has 320 valence electrons. The van der Waals surface area contributed by atoms with Gasteiger partial charge < -0.3 is 20.8 Å². The van der Waals surface area contributed by atoms with Gasteiger partial charge in [0.25, 0.3) is 23.4 Å². The predicted octanol–water partition coefficient (Wildman–Crippen LogP) is 7.43. The second-order valence-corrected chi connectivity index (χ2v) is 13.8. The van der Waals surface area contributed by atoms with Gasteiger partial charge in [0.1, 0.15) is 5.82 Å². The molecule has 0 radical (unpaired) electrons. The molecule has 29 heteroatoms. The second kappa shape index (κ2) is 20.3. The summed E-state index contributed by atoms with van der Waals surface area (Å²) in [4.78, 5) is 71.2. The minimum atomic E-state index is -5.08. The number of H-pyrrole nitrogens is 1. The van der Waals surface area contributed by atoms with Gasteiger partial charge in [0.15, 0.2) is 5.82 Å². The fraction of sp³-hybridized carbons (Fsp3) is 0.345. The third-order valence-electron chi connectivity index (χ3n) is 5.88. The number of amides is 2. The molecule has 4 rings (SSSR count). The fourth-order valence-corrected chi connectivity index (χ4v) is 5.69. The molecule has 0 aliphatic carbocycles. The number of thiazole rings is 1. The van der Waals surface area contributed by atoms with Crippen molar-refractivity contribution in [2.75, 3.05) is 0 Å². The summed E-state index contributed by atoms with van der Waals surface area (Å²) in [6.07, 6.45) is -20.1. The molecule has 0 fully saturated rings. The number of aryl methyl sites for hydroxylation is 2. The van der Waals surface area contributed by atoms with Crippen LogP contribution in [0.3, 0.4) is 0 Å². The van der Waals surface area contributed by atoms with Crippen LogP contribution in [0, 0.1) is 13.8 Å². The van der Waals surface area contributed by atoms with Gasteiger partial charge in [-0.25, -0.2) is 19.6 Å². The number of carboxylic acid groups (broad SMARTS) is 2. The standard InChI is InChI=1S/C13H11F3N2O2S2.C12H11F3N4O2S.2C2HF3O2/c1-6(8-5-21-7(2)18-8)17-12(20)10-4-3-9(22-10)11(19)13(14,15)16;1-5(10-17-6(2)18-19-10)16-11(21)8-4-3-7(22-8)9(20)12(13,14)15;2*3-2(4,5)1(6)7/h3-6H,1-2H3,(H,17,20);3-5H,1-2H3,(H,16,21)(H,17,18,19);2*(H,6,7). The van der Waals surface area contributed by atoms with Crippen LogP contribution >= 0.6 is 34.0 Å². The van der Waals surface area contributed by atoms with Crippen LogP contribution < -0.4 is 10.6 Å². The number of hydrogen-bond acceptors (Lipinski definition) is 12. The SMILES string of the molecule is Cc1nc(C(C)NC(=O)c2ccc(C(=O)C(F)(F)F)s2)cs1.Cc1nc(C(C)NC(=O)c2ccc(C(=O)C(F)(F)F)s2)n[nH]1.O=C(O)C(F)(F)F.O=C(O)C(F)(F)F. The van der Waals surface area contributed by atoms with Gasteiger partial charge in [-0.3, -0.25) is 24.3 Å². The molecule has 4 heterocycles. The topological polar surface area (TPSA) is 221 Å². The Morgan fingerprint density at radius 1 is 0.621 bits per heavy atom. The highest BCUT2D eigenvalue weighted by Crippen LogP contribution is 2.28. The Hall–Kier alpha value is -5.45. The number of aliphatic carboxylic acids is 2. The van der Waals surface area contributed by atoms with Crippen molar-refractivity contribution < 1.29 is 91.7 Å². The number of halogens is 12. The number of ketones is 2. The largest absolute Gasteiger partial charge is 0.490 e. The van der Waals surface area contributed by atoms with Crippen LogP contribution in [0.4, 0.5) is 52.7 Å². The van der Waals surface area contributed by atoms with E-state index in [2.05, 4.69) is 30.8 Å². The average molecular weight is 909 g/mol. The molecule has 0 bridgehead atoms. The van der Waals surface area contributed by atoms with E-state index in [4.69, 9.17) is 19.8 Å². The summed E-state index contributed by atoms with van der Waals surface area (Å²) in [5, 5.41) is 28.6. The van der Waals surface area contributed by atoms with Crippen molar-refractivity contribution in [3.8, 4) is 0 Å². The smallest absolute Gasteiger partial charge is 0.475 e. The molecule has 0 spiro atoms. The number of rotatable bonds is 8. The normalized spacial score (nSPS) is 12.6. The van der Waals surface area contributed by atoms with Gasteiger partial charge in [-0.15, -0.1) is 34.0 Å². The van der Waals surface area contributed by atoms with Crippen LogP contribution in [0.2, 0.25) is 0 Å². The zero-order valence-corrected chi connectivity index (χ0v) is 31.4. The Balaban J connectivity index is 0.000000439. The van der Waals surface area contributed by atoms with Crippen LogP contribution in [-0.4, -0.2) is 90.4 Å². The van der Waals surface area contributed by atoms with Crippen LogP contribution in [0.5, 0.6) is 0 Å². The lowest BCUT2D eigenvalue weighted by Crippen LogP contribution is -2.26. The number of thiophene rings is 2. The van der Waals surface area contributed by atoms with E-state index in [0.717, 1.165) is 17.1 Å². The summed E-state index contributed by atoms with van der Waals surface area (Å²) < 4.78 is 137. The van der Waals surface area contributed by atoms with Crippen LogP contribution in [-0.2, 0) is 9.59 Å². The minimum Gasteiger partial charge on any atom is -0.475 e. The van der Waals surface area contributed by atoms with Gasteiger partial charge in [-0.2, -0.15) is 57.8 Å². The Labute approximate surface area is 327 Å². The molecule has 2 unspecified atom stereocenters. The van der Waals surface area contributed by atoms with E-state index in [1.807, 2.05) is 6.92 Å². The summed E-state index contributed by atoms with van der Waals surface area (Å²) in [5.74, 6) is -9.63. The van der Waals surface area contributed by atoms with E-state index >= 15 is 0 Å². The molecule has 0 aliphatic rings. The van der Waals surface area contributed by atoms with Crippen molar-refractivity contribution >= 4 is 69.3 Å². The van der Waals surface area contributed by atoms with Gasteiger partial charge in [-0.05, 0) is 52.0 Å². The van der Waals surface area contributed by atoms with E-state index in [0.29, 0.717) is 40.0 Å². The van der Waals surface area contributed by atoms with Gasteiger partial charge in [0, 0.05) is 5.38 Å². The average Bonchev–Trinajstić information content (AvgIpc) is 3.91.